The molecule has 0 aliphatic carbocycles. The van der Waals surface area contributed by atoms with Crippen molar-refractivity contribution in [3.8, 4) is 56.8 Å². The molecule has 44 heavy (non-hydrogen) atoms. The zero-order valence-electron chi connectivity index (χ0n) is 23.8. The van der Waals surface area contributed by atoms with Gasteiger partial charge in [-0.05, 0) is 28.8 Å². The normalized spacial score (nSPS) is 12.2. The molecule has 1 aliphatic heterocycles. The molecule has 2 heterocycles. The zero-order valence-corrected chi connectivity index (χ0v) is 23.8. The first-order chi connectivity index (χ1) is 21.8. The lowest BCUT2D eigenvalue weighted by atomic mass is 9.79. The highest BCUT2D eigenvalue weighted by atomic mass is 16.5. The van der Waals surface area contributed by atoms with E-state index < -0.39 is 0 Å². The van der Waals surface area contributed by atoms with Crippen molar-refractivity contribution in [1.82, 2.24) is 15.0 Å². The number of nitrogens with zero attached hydrogens (tertiary/aromatic N) is 3. The summed E-state index contributed by atoms with van der Waals surface area (Å²) < 4.78 is 6.30. The molecule has 8 rings (SSSR count). The predicted octanol–water partition coefficient (Wildman–Crippen LogP) is 9.83. The Labute approximate surface area is 256 Å². The van der Waals surface area contributed by atoms with Crippen LogP contribution in [0, 0.1) is 0 Å². The van der Waals surface area contributed by atoms with Gasteiger partial charge in [-0.15, -0.1) is 0 Å². The van der Waals surface area contributed by atoms with Crippen LogP contribution in [0.2, 0.25) is 0 Å². The Morgan fingerprint density at radius 3 is 1.25 bits per heavy atom. The van der Waals surface area contributed by atoms with Crippen LogP contribution in [-0.2, 0) is 0 Å². The maximum absolute atomic E-state index is 6.30. The van der Waals surface area contributed by atoms with Gasteiger partial charge in [-0.1, -0.05) is 146 Å². The number of benzene rings is 6. The van der Waals surface area contributed by atoms with Crippen LogP contribution in [0.1, 0.15) is 22.6 Å². The maximum atomic E-state index is 6.30. The molecule has 0 bridgehead atoms. The standard InChI is InChI=1S/C40H27N3O/c1-3-13-28(14-4-1)38-41-39(29-15-5-2-6-16-29)43-40(42-38)30-25-23-27(24-26-30)31-17-7-8-18-32(31)37-33-19-9-11-21-35(33)44-36-22-12-10-20-34(36)37/h1-26,37H. The first-order valence-corrected chi connectivity index (χ1v) is 14.7. The number of rotatable bonds is 5. The van der Waals surface area contributed by atoms with Gasteiger partial charge < -0.3 is 4.74 Å². The number of fused-ring (bicyclic) bond motifs is 2. The van der Waals surface area contributed by atoms with E-state index in [9.17, 15) is 0 Å². The number of ether oxygens (including phenoxy) is 1. The van der Waals surface area contributed by atoms with Gasteiger partial charge >= 0.3 is 0 Å². The van der Waals surface area contributed by atoms with Crippen molar-refractivity contribution in [2.75, 3.05) is 0 Å². The maximum Gasteiger partial charge on any atom is 0.164 e. The highest BCUT2D eigenvalue weighted by Gasteiger charge is 2.29. The van der Waals surface area contributed by atoms with Crippen LogP contribution in [-0.4, -0.2) is 15.0 Å². The van der Waals surface area contributed by atoms with E-state index in [1.807, 2.05) is 72.8 Å². The van der Waals surface area contributed by atoms with Crippen LogP contribution < -0.4 is 4.74 Å². The summed E-state index contributed by atoms with van der Waals surface area (Å²) in [6.45, 7) is 0. The van der Waals surface area contributed by atoms with Gasteiger partial charge in [-0.3, -0.25) is 0 Å². The molecule has 1 aromatic heterocycles. The van der Waals surface area contributed by atoms with Gasteiger partial charge in [0.15, 0.2) is 17.5 Å². The van der Waals surface area contributed by atoms with Crippen molar-refractivity contribution in [3.05, 3.63) is 174 Å². The molecule has 1 aliphatic rings. The zero-order chi connectivity index (χ0) is 29.3. The second-order valence-corrected chi connectivity index (χ2v) is 10.8. The van der Waals surface area contributed by atoms with Crippen molar-refractivity contribution in [1.29, 1.82) is 0 Å². The monoisotopic (exact) mass is 565 g/mol. The molecule has 0 saturated heterocycles. The number of hydrogen-bond acceptors (Lipinski definition) is 4. The van der Waals surface area contributed by atoms with Crippen molar-refractivity contribution in [3.63, 3.8) is 0 Å². The molecule has 4 heteroatoms. The Bertz CT molecular complexity index is 1990. The summed E-state index contributed by atoms with van der Waals surface area (Å²) in [4.78, 5) is 14.6. The molecule has 0 saturated carbocycles. The first kappa shape index (κ1) is 25.8. The number of hydrogen-bond donors (Lipinski definition) is 0. The SMILES string of the molecule is c1ccc(-c2nc(-c3ccccc3)nc(-c3ccc(-c4ccccc4C4c5ccccc5Oc5ccccc54)cc3)n2)cc1. The third-order valence-electron chi connectivity index (χ3n) is 8.11. The Morgan fingerprint density at radius 2 is 0.727 bits per heavy atom. The fraction of sp³-hybridized carbons (Fsp3) is 0.0250. The molecule has 0 atom stereocenters. The second-order valence-electron chi connectivity index (χ2n) is 10.8. The first-order valence-electron chi connectivity index (χ1n) is 14.7. The molecule has 208 valence electrons. The summed E-state index contributed by atoms with van der Waals surface area (Å²) in [5, 5.41) is 0. The third-order valence-corrected chi connectivity index (χ3v) is 8.11. The van der Waals surface area contributed by atoms with E-state index in [1.54, 1.807) is 0 Å². The van der Waals surface area contributed by atoms with Crippen LogP contribution in [0.15, 0.2) is 158 Å². The van der Waals surface area contributed by atoms with Crippen molar-refractivity contribution < 1.29 is 4.74 Å². The number of aromatic nitrogens is 3. The molecule has 0 fully saturated rings. The summed E-state index contributed by atoms with van der Waals surface area (Å²) in [5.41, 5.74) is 8.73. The molecule has 0 amide bonds. The molecule has 7 aromatic rings. The Morgan fingerprint density at radius 1 is 0.341 bits per heavy atom. The molecular formula is C40H27N3O. The highest BCUT2D eigenvalue weighted by molar-refractivity contribution is 5.75. The van der Waals surface area contributed by atoms with Crippen molar-refractivity contribution >= 4 is 0 Å². The number of para-hydroxylation sites is 2. The summed E-state index contributed by atoms with van der Waals surface area (Å²) in [6.07, 6.45) is 0. The lowest BCUT2D eigenvalue weighted by molar-refractivity contribution is 0.453. The molecule has 0 N–H and O–H groups in total. The lowest BCUT2D eigenvalue weighted by Gasteiger charge is -2.30. The molecule has 0 spiro atoms. The molecule has 6 aromatic carbocycles. The largest absolute Gasteiger partial charge is 0.457 e. The summed E-state index contributed by atoms with van der Waals surface area (Å²) in [7, 11) is 0. The van der Waals surface area contributed by atoms with E-state index in [0.29, 0.717) is 17.5 Å². The average Bonchev–Trinajstić information content (AvgIpc) is 3.11. The summed E-state index contributed by atoms with van der Waals surface area (Å²) in [6, 6.07) is 54.0. The van der Waals surface area contributed by atoms with Gasteiger partial charge in [-0.2, -0.15) is 0 Å². The Hall–Kier alpha value is -5.87. The fourth-order valence-electron chi connectivity index (χ4n) is 5.99. The van der Waals surface area contributed by atoms with Gasteiger partial charge in [0.25, 0.3) is 0 Å². The summed E-state index contributed by atoms with van der Waals surface area (Å²) >= 11 is 0. The minimum absolute atomic E-state index is 0.0532. The van der Waals surface area contributed by atoms with E-state index in [2.05, 4.69) is 84.9 Å². The molecule has 0 unspecified atom stereocenters. The van der Waals surface area contributed by atoms with E-state index in [4.69, 9.17) is 19.7 Å². The fourth-order valence-corrected chi connectivity index (χ4v) is 5.99. The van der Waals surface area contributed by atoms with Gasteiger partial charge in [0, 0.05) is 33.7 Å². The van der Waals surface area contributed by atoms with Gasteiger partial charge in [0.05, 0.1) is 0 Å². The molecule has 4 nitrogen and oxygen atoms in total. The van der Waals surface area contributed by atoms with E-state index in [-0.39, 0.29) is 5.92 Å². The third kappa shape index (κ3) is 4.73. The van der Waals surface area contributed by atoms with E-state index in [0.717, 1.165) is 33.8 Å². The minimum Gasteiger partial charge on any atom is -0.457 e. The van der Waals surface area contributed by atoms with Crippen LogP contribution in [0.3, 0.4) is 0 Å². The van der Waals surface area contributed by atoms with Crippen LogP contribution in [0.5, 0.6) is 11.5 Å². The van der Waals surface area contributed by atoms with E-state index in [1.165, 1.54) is 22.3 Å². The molecule has 0 radical (unpaired) electrons. The minimum atomic E-state index is 0.0532. The van der Waals surface area contributed by atoms with Crippen LogP contribution in [0.25, 0.3) is 45.3 Å². The average molecular weight is 566 g/mol. The lowest BCUT2D eigenvalue weighted by Crippen LogP contribution is -2.12. The van der Waals surface area contributed by atoms with Gasteiger partial charge in [-0.25, -0.2) is 15.0 Å². The molecular weight excluding hydrogens is 538 g/mol. The highest BCUT2D eigenvalue weighted by Crippen LogP contribution is 2.49. The second kappa shape index (κ2) is 11.1. The summed E-state index contributed by atoms with van der Waals surface area (Å²) in [5.74, 6) is 3.81. The van der Waals surface area contributed by atoms with Gasteiger partial charge in [0.2, 0.25) is 0 Å². The predicted molar refractivity (Wildman–Crippen MR) is 175 cm³/mol. The van der Waals surface area contributed by atoms with Crippen molar-refractivity contribution in [2.24, 2.45) is 0 Å². The Balaban J connectivity index is 1.22. The van der Waals surface area contributed by atoms with Crippen molar-refractivity contribution in [2.45, 2.75) is 5.92 Å². The van der Waals surface area contributed by atoms with Crippen LogP contribution in [0.4, 0.5) is 0 Å². The topological polar surface area (TPSA) is 47.9 Å². The van der Waals surface area contributed by atoms with Gasteiger partial charge in [0.1, 0.15) is 11.5 Å². The Kier molecular flexibility index (Phi) is 6.50. The van der Waals surface area contributed by atoms with Crippen LogP contribution >= 0.6 is 0 Å². The smallest absolute Gasteiger partial charge is 0.164 e. The van der Waals surface area contributed by atoms with E-state index >= 15 is 0 Å². The quantitative estimate of drug-likeness (QED) is 0.208.